The minimum absolute atomic E-state index is 0.0197. The molecule has 2 aromatic rings. The van der Waals surface area contributed by atoms with Crippen LogP contribution in [0.15, 0.2) is 42.5 Å². The van der Waals surface area contributed by atoms with Crippen LogP contribution in [0.25, 0.3) is 0 Å². The van der Waals surface area contributed by atoms with E-state index in [0.29, 0.717) is 0 Å². The lowest BCUT2D eigenvalue weighted by Crippen LogP contribution is -2.19. The molecular weight excluding hydrogens is 264 g/mol. The average Bonchev–Trinajstić information content (AvgIpc) is 2.44. The van der Waals surface area contributed by atoms with Gasteiger partial charge in [0.05, 0.1) is 11.7 Å². The van der Waals surface area contributed by atoms with Crippen LogP contribution in [0, 0.1) is 11.6 Å². The smallest absolute Gasteiger partial charge is 0.181 e. The molecule has 1 unspecified atom stereocenters. The molecule has 1 N–H and O–H groups in total. The van der Waals surface area contributed by atoms with Crippen molar-refractivity contribution in [1.82, 2.24) is 0 Å². The first kappa shape index (κ1) is 12.5. The van der Waals surface area contributed by atoms with Crippen LogP contribution in [0.5, 0.6) is 0 Å². The van der Waals surface area contributed by atoms with Crippen LogP contribution in [0.4, 0.5) is 14.5 Å². The molecule has 98 valence electrons. The molecule has 0 radical (unpaired) electrons. The second-order valence-corrected chi connectivity index (χ2v) is 5.54. The molecule has 0 fully saturated rings. The first-order valence-corrected chi connectivity index (χ1v) is 7.27. The van der Waals surface area contributed by atoms with Crippen molar-refractivity contribution in [1.29, 1.82) is 0 Å². The van der Waals surface area contributed by atoms with E-state index in [1.165, 1.54) is 17.2 Å². The Kier molecular flexibility index (Phi) is 3.42. The van der Waals surface area contributed by atoms with Crippen LogP contribution < -0.4 is 5.32 Å². The van der Waals surface area contributed by atoms with E-state index in [0.717, 1.165) is 17.6 Å². The number of rotatable bonds is 2. The summed E-state index contributed by atoms with van der Waals surface area (Å²) >= 11 is 1.80. The monoisotopic (exact) mass is 277 g/mol. The fourth-order valence-corrected chi connectivity index (χ4v) is 3.40. The van der Waals surface area contributed by atoms with Crippen LogP contribution in [0.1, 0.15) is 17.2 Å². The van der Waals surface area contributed by atoms with E-state index >= 15 is 0 Å². The van der Waals surface area contributed by atoms with Crippen LogP contribution in [-0.2, 0) is 5.75 Å². The zero-order valence-corrected chi connectivity index (χ0v) is 11.0. The highest BCUT2D eigenvalue weighted by molar-refractivity contribution is 7.98. The van der Waals surface area contributed by atoms with Gasteiger partial charge in [-0.25, -0.2) is 8.78 Å². The average molecular weight is 277 g/mol. The zero-order chi connectivity index (χ0) is 13.2. The first-order valence-electron chi connectivity index (χ1n) is 6.12. The van der Waals surface area contributed by atoms with Gasteiger partial charge in [-0.2, -0.15) is 11.8 Å². The number of nitrogens with one attached hydrogen (secondary N) is 1. The third-order valence-corrected chi connectivity index (χ3v) is 4.34. The van der Waals surface area contributed by atoms with Crippen LogP contribution in [0.3, 0.4) is 0 Å². The Hall–Kier alpha value is -1.55. The summed E-state index contributed by atoms with van der Waals surface area (Å²) in [5.41, 5.74) is 2.65. The quantitative estimate of drug-likeness (QED) is 0.875. The van der Waals surface area contributed by atoms with E-state index in [-0.39, 0.29) is 11.7 Å². The maximum absolute atomic E-state index is 13.7. The predicted octanol–water partition coefficient (Wildman–Crippen LogP) is 4.36. The summed E-state index contributed by atoms with van der Waals surface area (Å²) in [7, 11) is 0. The number of hydrogen-bond donors (Lipinski definition) is 1. The summed E-state index contributed by atoms with van der Waals surface area (Å²) < 4.78 is 26.9. The molecule has 3 rings (SSSR count). The van der Waals surface area contributed by atoms with Gasteiger partial charge in [0.25, 0.3) is 0 Å². The number of thioether (sulfide) groups is 1. The molecule has 2 aromatic carbocycles. The lowest BCUT2D eigenvalue weighted by atomic mass is 10.0. The highest BCUT2D eigenvalue weighted by Crippen LogP contribution is 2.34. The normalized spacial score (nSPS) is 17.9. The highest BCUT2D eigenvalue weighted by Gasteiger charge is 2.21. The molecule has 0 saturated carbocycles. The Bertz CT molecular complexity index is 600. The van der Waals surface area contributed by atoms with E-state index < -0.39 is 11.6 Å². The summed E-state index contributed by atoms with van der Waals surface area (Å²) in [6.07, 6.45) is 0. The second-order valence-electron chi connectivity index (χ2n) is 4.51. The number of halogens is 2. The van der Waals surface area contributed by atoms with Gasteiger partial charge >= 0.3 is 0 Å². The largest absolute Gasteiger partial charge is 0.375 e. The van der Waals surface area contributed by atoms with Crippen LogP contribution in [0.2, 0.25) is 0 Å². The second kappa shape index (κ2) is 5.21. The van der Waals surface area contributed by atoms with E-state index in [2.05, 4.69) is 11.4 Å². The molecule has 0 amide bonds. The summed E-state index contributed by atoms with van der Waals surface area (Å²) in [5, 5.41) is 3.11. The molecule has 1 nitrogen and oxygen atoms in total. The van der Waals surface area contributed by atoms with Gasteiger partial charge in [0.2, 0.25) is 0 Å². The first-order chi connectivity index (χ1) is 9.25. The van der Waals surface area contributed by atoms with Crippen molar-refractivity contribution < 1.29 is 8.78 Å². The molecule has 1 heterocycles. The Morgan fingerprint density at radius 1 is 1.05 bits per heavy atom. The molecule has 4 heteroatoms. The van der Waals surface area contributed by atoms with Crippen molar-refractivity contribution in [2.45, 2.75) is 11.8 Å². The molecule has 19 heavy (non-hydrogen) atoms. The number of benzene rings is 2. The van der Waals surface area contributed by atoms with Crippen LogP contribution >= 0.6 is 11.8 Å². The molecular formula is C15H13F2NS. The molecule has 1 aliphatic rings. The van der Waals surface area contributed by atoms with Gasteiger partial charge < -0.3 is 5.32 Å². The fourth-order valence-electron chi connectivity index (χ4n) is 2.30. The van der Waals surface area contributed by atoms with Crippen molar-refractivity contribution in [3.63, 3.8) is 0 Å². The Morgan fingerprint density at radius 2 is 1.89 bits per heavy atom. The van der Waals surface area contributed by atoms with Crippen molar-refractivity contribution in [3.05, 3.63) is 65.2 Å². The highest BCUT2D eigenvalue weighted by atomic mass is 32.2. The van der Waals surface area contributed by atoms with Gasteiger partial charge in [-0.05, 0) is 23.3 Å². The molecule has 0 spiro atoms. The Balaban J connectivity index is 1.91. The summed E-state index contributed by atoms with van der Waals surface area (Å²) in [6, 6.07) is 12.3. The third-order valence-electron chi connectivity index (χ3n) is 3.25. The number of hydrogen-bond acceptors (Lipinski definition) is 2. The minimum Gasteiger partial charge on any atom is -0.375 e. The maximum Gasteiger partial charge on any atom is 0.181 e. The van der Waals surface area contributed by atoms with Gasteiger partial charge in [-0.3, -0.25) is 0 Å². The minimum atomic E-state index is -0.818. The molecule has 0 aromatic heterocycles. The zero-order valence-electron chi connectivity index (χ0n) is 10.2. The molecule has 0 aliphatic carbocycles. The maximum atomic E-state index is 13.7. The third kappa shape index (κ3) is 2.45. The Labute approximate surface area is 115 Å². The summed E-state index contributed by atoms with van der Waals surface area (Å²) in [6.45, 7) is 0. The van der Waals surface area contributed by atoms with Gasteiger partial charge in [0, 0.05) is 11.5 Å². The van der Waals surface area contributed by atoms with Gasteiger partial charge in [-0.15, -0.1) is 0 Å². The van der Waals surface area contributed by atoms with E-state index in [4.69, 9.17) is 0 Å². The molecule has 1 aliphatic heterocycles. The van der Waals surface area contributed by atoms with E-state index in [1.54, 1.807) is 17.8 Å². The van der Waals surface area contributed by atoms with E-state index in [1.807, 2.05) is 18.2 Å². The SMILES string of the molecule is Fc1cccc(NC2CSCc3ccccc32)c1F. The predicted molar refractivity (Wildman–Crippen MR) is 75.3 cm³/mol. The van der Waals surface area contributed by atoms with Crippen molar-refractivity contribution in [2.75, 3.05) is 11.1 Å². The molecule has 0 bridgehead atoms. The number of anilines is 1. The van der Waals surface area contributed by atoms with Gasteiger partial charge in [0.15, 0.2) is 11.6 Å². The molecule has 0 saturated heterocycles. The van der Waals surface area contributed by atoms with E-state index in [9.17, 15) is 8.78 Å². The lowest BCUT2D eigenvalue weighted by molar-refractivity contribution is 0.510. The standard InChI is InChI=1S/C15H13F2NS/c16-12-6-3-7-13(15(12)17)18-14-9-19-8-10-4-1-2-5-11(10)14/h1-7,14,18H,8-9H2. The van der Waals surface area contributed by atoms with Crippen molar-refractivity contribution in [3.8, 4) is 0 Å². The number of fused-ring (bicyclic) bond motifs is 1. The Morgan fingerprint density at radius 3 is 2.79 bits per heavy atom. The van der Waals surface area contributed by atoms with Gasteiger partial charge in [-0.1, -0.05) is 30.3 Å². The molecule has 1 atom stereocenters. The summed E-state index contributed by atoms with van der Waals surface area (Å²) in [5.74, 6) is 0.199. The van der Waals surface area contributed by atoms with Crippen molar-refractivity contribution in [2.24, 2.45) is 0 Å². The topological polar surface area (TPSA) is 12.0 Å². The lowest BCUT2D eigenvalue weighted by Gasteiger charge is -2.27. The fraction of sp³-hybridized carbons (Fsp3) is 0.200. The van der Waals surface area contributed by atoms with Crippen molar-refractivity contribution >= 4 is 17.4 Å². The van der Waals surface area contributed by atoms with Gasteiger partial charge in [0.1, 0.15) is 0 Å². The van der Waals surface area contributed by atoms with Crippen LogP contribution in [-0.4, -0.2) is 5.75 Å². The summed E-state index contributed by atoms with van der Waals surface area (Å²) in [4.78, 5) is 0.